The van der Waals surface area contributed by atoms with Gasteiger partial charge in [0.05, 0.1) is 7.11 Å². The maximum absolute atomic E-state index is 11.0. The van der Waals surface area contributed by atoms with E-state index >= 15 is 0 Å². The second kappa shape index (κ2) is 6.12. The smallest absolute Gasteiger partial charge is 0.339 e. The molecule has 1 aromatic rings. The summed E-state index contributed by atoms with van der Waals surface area (Å²) in [4.78, 5) is 11.0. The van der Waals surface area contributed by atoms with Crippen LogP contribution in [-0.2, 0) is 11.2 Å². The SMILES string of the molecule is COCCCc1ccc(OC)c(C(=O)O)c1. The van der Waals surface area contributed by atoms with Gasteiger partial charge in [-0.1, -0.05) is 6.07 Å². The predicted molar refractivity (Wildman–Crippen MR) is 60.2 cm³/mol. The zero-order chi connectivity index (χ0) is 12.0. The van der Waals surface area contributed by atoms with Crippen molar-refractivity contribution < 1.29 is 19.4 Å². The van der Waals surface area contributed by atoms with E-state index < -0.39 is 5.97 Å². The van der Waals surface area contributed by atoms with Crippen molar-refractivity contribution in [1.82, 2.24) is 0 Å². The Kier molecular flexibility index (Phi) is 4.79. The zero-order valence-corrected chi connectivity index (χ0v) is 9.53. The quantitative estimate of drug-likeness (QED) is 0.750. The average molecular weight is 224 g/mol. The van der Waals surface area contributed by atoms with E-state index in [1.807, 2.05) is 6.07 Å². The van der Waals surface area contributed by atoms with E-state index in [1.54, 1.807) is 19.2 Å². The largest absolute Gasteiger partial charge is 0.496 e. The Morgan fingerprint density at radius 3 is 2.69 bits per heavy atom. The van der Waals surface area contributed by atoms with Gasteiger partial charge in [0.1, 0.15) is 11.3 Å². The third kappa shape index (κ3) is 3.24. The summed E-state index contributed by atoms with van der Waals surface area (Å²) < 4.78 is 9.93. The van der Waals surface area contributed by atoms with Crippen LogP contribution in [0.2, 0.25) is 0 Å². The van der Waals surface area contributed by atoms with E-state index in [0.29, 0.717) is 12.4 Å². The van der Waals surface area contributed by atoms with Crippen molar-refractivity contribution in [3.05, 3.63) is 29.3 Å². The Bertz CT molecular complexity index is 360. The summed E-state index contributed by atoms with van der Waals surface area (Å²) in [6.07, 6.45) is 1.68. The molecule has 0 aliphatic rings. The van der Waals surface area contributed by atoms with Crippen LogP contribution in [0.25, 0.3) is 0 Å². The van der Waals surface area contributed by atoms with Crippen molar-refractivity contribution in [2.45, 2.75) is 12.8 Å². The second-order valence-electron chi connectivity index (χ2n) is 3.44. The minimum atomic E-state index is -0.967. The number of hydrogen-bond acceptors (Lipinski definition) is 3. The van der Waals surface area contributed by atoms with Gasteiger partial charge in [-0.25, -0.2) is 4.79 Å². The number of aromatic carboxylic acids is 1. The van der Waals surface area contributed by atoms with E-state index in [1.165, 1.54) is 7.11 Å². The number of carbonyl (C=O) groups is 1. The van der Waals surface area contributed by atoms with Crippen LogP contribution in [0.15, 0.2) is 18.2 Å². The van der Waals surface area contributed by atoms with Crippen LogP contribution in [0.4, 0.5) is 0 Å². The van der Waals surface area contributed by atoms with Gasteiger partial charge in [0.15, 0.2) is 0 Å². The van der Waals surface area contributed by atoms with E-state index in [2.05, 4.69) is 0 Å². The van der Waals surface area contributed by atoms with Crippen LogP contribution in [0.3, 0.4) is 0 Å². The summed E-state index contributed by atoms with van der Waals surface area (Å²) in [6.45, 7) is 0.675. The molecule has 88 valence electrons. The standard InChI is InChI=1S/C12H16O4/c1-15-7-3-4-9-5-6-11(16-2)10(8-9)12(13)14/h5-6,8H,3-4,7H2,1-2H3,(H,13,14). The van der Waals surface area contributed by atoms with Gasteiger partial charge in [-0.2, -0.15) is 0 Å². The Hall–Kier alpha value is -1.55. The number of aryl methyl sites for hydroxylation is 1. The summed E-state index contributed by atoms with van der Waals surface area (Å²) in [7, 11) is 3.11. The molecule has 0 unspecified atom stereocenters. The fourth-order valence-electron chi connectivity index (χ4n) is 1.50. The van der Waals surface area contributed by atoms with E-state index in [9.17, 15) is 4.79 Å². The number of benzene rings is 1. The molecule has 0 bridgehead atoms. The van der Waals surface area contributed by atoms with Crippen molar-refractivity contribution in [1.29, 1.82) is 0 Å². The molecule has 0 fully saturated rings. The van der Waals surface area contributed by atoms with E-state index in [0.717, 1.165) is 18.4 Å². The predicted octanol–water partition coefficient (Wildman–Crippen LogP) is 1.97. The molecule has 4 heteroatoms. The lowest BCUT2D eigenvalue weighted by molar-refractivity contribution is 0.0693. The van der Waals surface area contributed by atoms with E-state index in [4.69, 9.17) is 14.6 Å². The van der Waals surface area contributed by atoms with Gasteiger partial charge in [0.25, 0.3) is 0 Å². The lowest BCUT2D eigenvalue weighted by Crippen LogP contribution is -2.02. The average Bonchev–Trinajstić information content (AvgIpc) is 2.29. The van der Waals surface area contributed by atoms with Crippen LogP contribution in [0.5, 0.6) is 5.75 Å². The highest BCUT2D eigenvalue weighted by atomic mass is 16.5. The van der Waals surface area contributed by atoms with Gasteiger partial charge < -0.3 is 14.6 Å². The molecule has 0 amide bonds. The van der Waals surface area contributed by atoms with E-state index in [-0.39, 0.29) is 5.56 Å². The Morgan fingerprint density at radius 1 is 1.38 bits per heavy atom. The number of carboxylic acids is 1. The molecule has 1 N–H and O–H groups in total. The minimum Gasteiger partial charge on any atom is -0.496 e. The van der Waals surface area contributed by atoms with Gasteiger partial charge in [-0.15, -0.1) is 0 Å². The molecule has 0 aromatic heterocycles. The molecular formula is C12H16O4. The molecule has 4 nitrogen and oxygen atoms in total. The Morgan fingerprint density at radius 2 is 2.12 bits per heavy atom. The number of ether oxygens (including phenoxy) is 2. The fraction of sp³-hybridized carbons (Fsp3) is 0.417. The highest BCUT2D eigenvalue weighted by molar-refractivity contribution is 5.91. The normalized spacial score (nSPS) is 10.1. The highest BCUT2D eigenvalue weighted by Crippen LogP contribution is 2.20. The van der Waals surface area contributed by atoms with Crippen LogP contribution < -0.4 is 4.74 Å². The summed E-state index contributed by atoms with van der Waals surface area (Å²) in [5.74, 6) is -0.576. The van der Waals surface area contributed by atoms with Gasteiger partial charge in [-0.3, -0.25) is 0 Å². The van der Waals surface area contributed by atoms with Crippen LogP contribution in [0, 0.1) is 0 Å². The van der Waals surface area contributed by atoms with Crippen LogP contribution in [-0.4, -0.2) is 31.9 Å². The fourth-order valence-corrected chi connectivity index (χ4v) is 1.50. The maximum atomic E-state index is 11.0. The van der Waals surface area contributed by atoms with Crippen LogP contribution >= 0.6 is 0 Å². The second-order valence-corrected chi connectivity index (χ2v) is 3.44. The first kappa shape index (κ1) is 12.5. The summed E-state index contributed by atoms with van der Waals surface area (Å²) in [5.41, 5.74) is 1.19. The topological polar surface area (TPSA) is 55.8 Å². The number of methoxy groups -OCH3 is 2. The first-order chi connectivity index (χ1) is 7.69. The molecule has 0 aliphatic heterocycles. The third-order valence-electron chi connectivity index (χ3n) is 2.31. The molecule has 1 aromatic carbocycles. The minimum absolute atomic E-state index is 0.206. The van der Waals surface area contributed by atoms with Crippen molar-refractivity contribution >= 4 is 5.97 Å². The summed E-state index contributed by atoms with van der Waals surface area (Å²) in [6, 6.07) is 5.21. The van der Waals surface area contributed by atoms with Crippen molar-refractivity contribution in [2.75, 3.05) is 20.8 Å². The number of rotatable bonds is 6. The molecular weight excluding hydrogens is 208 g/mol. The first-order valence-corrected chi connectivity index (χ1v) is 5.08. The van der Waals surface area contributed by atoms with Gasteiger partial charge >= 0.3 is 5.97 Å². The Labute approximate surface area is 94.8 Å². The molecule has 16 heavy (non-hydrogen) atoms. The first-order valence-electron chi connectivity index (χ1n) is 5.08. The summed E-state index contributed by atoms with van der Waals surface area (Å²) in [5, 5.41) is 8.99. The number of carboxylic acid groups (broad SMARTS) is 1. The lowest BCUT2D eigenvalue weighted by atomic mass is 10.1. The molecule has 0 saturated carbocycles. The lowest BCUT2D eigenvalue weighted by Gasteiger charge is -2.07. The van der Waals surface area contributed by atoms with Crippen molar-refractivity contribution in [2.24, 2.45) is 0 Å². The maximum Gasteiger partial charge on any atom is 0.339 e. The van der Waals surface area contributed by atoms with Gasteiger partial charge in [0, 0.05) is 13.7 Å². The molecule has 1 rings (SSSR count). The molecule has 0 heterocycles. The summed E-state index contributed by atoms with van der Waals surface area (Å²) >= 11 is 0. The monoisotopic (exact) mass is 224 g/mol. The molecule has 0 spiro atoms. The van der Waals surface area contributed by atoms with Crippen LogP contribution in [0.1, 0.15) is 22.3 Å². The van der Waals surface area contributed by atoms with Gasteiger partial charge in [-0.05, 0) is 30.5 Å². The third-order valence-corrected chi connectivity index (χ3v) is 2.31. The Balaban J connectivity index is 2.81. The zero-order valence-electron chi connectivity index (χ0n) is 9.53. The highest BCUT2D eigenvalue weighted by Gasteiger charge is 2.11. The molecule has 0 radical (unpaired) electrons. The molecule has 0 saturated heterocycles. The number of hydrogen-bond donors (Lipinski definition) is 1. The van der Waals surface area contributed by atoms with Crippen molar-refractivity contribution in [3.8, 4) is 5.75 Å². The molecule has 0 atom stereocenters. The van der Waals surface area contributed by atoms with Gasteiger partial charge in [0.2, 0.25) is 0 Å². The molecule has 0 aliphatic carbocycles. The van der Waals surface area contributed by atoms with Crippen molar-refractivity contribution in [3.63, 3.8) is 0 Å².